The second kappa shape index (κ2) is 5.03. The highest BCUT2D eigenvalue weighted by Gasteiger charge is 2.32. The van der Waals surface area contributed by atoms with Crippen LogP contribution in [-0.2, 0) is 0 Å². The second-order valence-electron chi connectivity index (χ2n) is 5.46. The fourth-order valence-corrected chi connectivity index (χ4v) is 2.79. The smallest absolute Gasteiger partial charge is 0.200 e. The summed E-state index contributed by atoms with van der Waals surface area (Å²) in [7, 11) is 0. The molecule has 1 aliphatic rings. The van der Waals surface area contributed by atoms with E-state index in [-0.39, 0.29) is 22.3 Å². The summed E-state index contributed by atoms with van der Waals surface area (Å²) >= 11 is 0. The number of carbonyl (C=O) groups excluding carboxylic acids is 2. The Morgan fingerprint density at radius 1 is 0.917 bits per heavy atom. The van der Waals surface area contributed by atoms with Crippen molar-refractivity contribution in [1.82, 2.24) is 0 Å². The van der Waals surface area contributed by atoms with E-state index < -0.39 is 17.0 Å². The van der Waals surface area contributed by atoms with Crippen LogP contribution in [0.15, 0.2) is 63.5 Å². The van der Waals surface area contributed by atoms with E-state index in [0.29, 0.717) is 16.7 Å². The molecule has 0 spiro atoms. The summed E-state index contributed by atoms with van der Waals surface area (Å²) in [6, 6.07) is 10.7. The normalized spacial score (nSPS) is 13.4. The quantitative estimate of drug-likeness (QED) is 0.551. The van der Waals surface area contributed by atoms with E-state index in [9.17, 15) is 19.5 Å². The zero-order chi connectivity index (χ0) is 16.8. The van der Waals surface area contributed by atoms with Crippen LogP contribution < -0.4 is 5.43 Å². The fourth-order valence-electron chi connectivity index (χ4n) is 2.79. The van der Waals surface area contributed by atoms with Gasteiger partial charge in [-0.1, -0.05) is 24.3 Å². The molecule has 5 nitrogen and oxygen atoms in total. The van der Waals surface area contributed by atoms with Crippen molar-refractivity contribution >= 4 is 28.6 Å². The van der Waals surface area contributed by atoms with Gasteiger partial charge in [0.15, 0.2) is 17.0 Å². The molecule has 0 radical (unpaired) electrons. The van der Waals surface area contributed by atoms with Crippen LogP contribution in [0.2, 0.25) is 0 Å². The maximum atomic E-state index is 12.5. The minimum absolute atomic E-state index is 0.0667. The molecule has 1 aromatic heterocycles. The zero-order valence-corrected chi connectivity index (χ0v) is 12.3. The molecular weight excluding hydrogens is 308 g/mol. The molecule has 1 heterocycles. The number of phenols is 1. The number of carbonyl (C=O) groups is 2. The minimum atomic E-state index is -0.420. The summed E-state index contributed by atoms with van der Waals surface area (Å²) in [5.74, 6) is -0.892. The number of ketones is 2. The molecule has 5 heteroatoms. The third-order valence-electron chi connectivity index (χ3n) is 3.99. The number of benzene rings is 2. The molecule has 0 amide bonds. The van der Waals surface area contributed by atoms with Crippen molar-refractivity contribution in [2.75, 3.05) is 0 Å². The average molecular weight is 318 g/mol. The average Bonchev–Trinajstić information content (AvgIpc) is 2.83. The Morgan fingerprint density at radius 3 is 2.25 bits per heavy atom. The Kier molecular flexibility index (Phi) is 2.96. The van der Waals surface area contributed by atoms with Gasteiger partial charge in [-0.15, -0.1) is 0 Å². The highest BCUT2D eigenvalue weighted by atomic mass is 16.3. The van der Waals surface area contributed by atoms with E-state index in [1.165, 1.54) is 30.5 Å². The molecular formula is C19H10O5. The summed E-state index contributed by atoms with van der Waals surface area (Å²) in [6.07, 6.45) is 2.46. The van der Waals surface area contributed by atoms with E-state index in [0.717, 1.165) is 0 Å². The fraction of sp³-hybridized carbons (Fsp3) is 0. The standard InChI is InChI=1S/C19H10O5/c20-11-5-6-16-14(8-11)17(21)10(9-24-16)7-15-18(22)12-3-1-2-4-13(12)19(15)23/h1-9,20H. The number of allylic oxidation sites excluding steroid dienone is 1. The lowest BCUT2D eigenvalue weighted by molar-refractivity contribution is 0.0990. The van der Waals surface area contributed by atoms with Crippen molar-refractivity contribution in [3.05, 3.63) is 81.2 Å². The monoisotopic (exact) mass is 318 g/mol. The van der Waals surface area contributed by atoms with Crippen molar-refractivity contribution in [3.63, 3.8) is 0 Å². The zero-order valence-electron chi connectivity index (χ0n) is 12.3. The van der Waals surface area contributed by atoms with Crippen molar-refractivity contribution in [2.24, 2.45) is 0 Å². The van der Waals surface area contributed by atoms with E-state index >= 15 is 0 Å². The van der Waals surface area contributed by atoms with Crippen molar-refractivity contribution < 1.29 is 19.1 Å². The van der Waals surface area contributed by atoms with Gasteiger partial charge in [-0.05, 0) is 24.3 Å². The number of Topliss-reactive ketones (excluding diaryl/α,β-unsaturated/α-hetero) is 2. The highest BCUT2D eigenvalue weighted by Crippen LogP contribution is 2.27. The van der Waals surface area contributed by atoms with Gasteiger partial charge in [0, 0.05) is 11.1 Å². The maximum absolute atomic E-state index is 12.5. The SMILES string of the molecule is O=C1C(=Cc2coc3ccc(O)cc3c2=O)C(=O)c2ccccc21. The van der Waals surface area contributed by atoms with Gasteiger partial charge in [0.2, 0.25) is 0 Å². The Bertz CT molecular complexity index is 1080. The van der Waals surface area contributed by atoms with Gasteiger partial charge in [-0.3, -0.25) is 14.4 Å². The number of hydrogen-bond acceptors (Lipinski definition) is 5. The molecule has 4 rings (SSSR count). The maximum Gasteiger partial charge on any atom is 0.200 e. The summed E-state index contributed by atoms with van der Waals surface area (Å²) in [5.41, 5.74) is 0.567. The van der Waals surface area contributed by atoms with Crippen molar-refractivity contribution in [1.29, 1.82) is 0 Å². The van der Waals surface area contributed by atoms with E-state index in [1.807, 2.05) is 0 Å². The Labute approximate surface area is 135 Å². The lowest BCUT2D eigenvalue weighted by Crippen LogP contribution is -2.08. The van der Waals surface area contributed by atoms with Crippen LogP contribution in [0, 0.1) is 0 Å². The largest absolute Gasteiger partial charge is 0.508 e. The predicted molar refractivity (Wildman–Crippen MR) is 87.2 cm³/mol. The van der Waals surface area contributed by atoms with Crippen LogP contribution in [-0.4, -0.2) is 16.7 Å². The molecule has 0 unspecified atom stereocenters. The highest BCUT2D eigenvalue weighted by molar-refractivity contribution is 6.41. The third kappa shape index (κ3) is 1.99. The third-order valence-corrected chi connectivity index (χ3v) is 3.99. The second-order valence-corrected chi connectivity index (χ2v) is 5.46. The van der Waals surface area contributed by atoms with Crippen molar-refractivity contribution in [3.8, 4) is 5.75 Å². The summed E-state index contributed by atoms with van der Waals surface area (Å²) < 4.78 is 5.36. The Morgan fingerprint density at radius 2 is 1.58 bits per heavy atom. The number of fused-ring (bicyclic) bond motifs is 2. The molecule has 0 bridgehead atoms. The van der Waals surface area contributed by atoms with Crippen molar-refractivity contribution in [2.45, 2.75) is 0 Å². The van der Waals surface area contributed by atoms with Gasteiger partial charge in [-0.2, -0.15) is 0 Å². The molecule has 0 aliphatic heterocycles. The minimum Gasteiger partial charge on any atom is -0.508 e. The molecule has 1 aliphatic carbocycles. The van der Waals surface area contributed by atoms with Gasteiger partial charge >= 0.3 is 0 Å². The predicted octanol–water partition coefficient (Wildman–Crippen LogP) is 2.96. The lowest BCUT2D eigenvalue weighted by Gasteiger charge is -2.00. The van der Waals surface area contributed by atoms with Crippen LogP contribution in [0.3, 0.4) is 0 Å². The first-order chi connectivity index (χ1) is 11.6. The summed E-state index contributed by atoms with van der Waals surface area (Å²) in [4.78, 5) is 37.3. The Hall–Kier alpha value is -3.47. The molecule has 116 valence electrons. The van der Waals surface area contributed by atoms with E-state index in [1.54, 1.807) is 24.3 Å². The number of hydrogen-bond donors (Lipinski definition) is 1. The van der Waals surface area contributed by atoms with Crippen LogP contribution in [0.25, 0.3) is 17.0 Å². The van der Waals surface area contributed by atoms with Crippen LogP contribution in [0.1, 0.15) is 26.3 Å². The van der Waals surface area contributed by atoms with Crippen LogP contribution in [0.5, 0.6) is 5.75 Å². The molecule has 0 atom stereocenters. The van der Waals surface area contributed by atoms with Gasteiger partial charge in [0.1, 0.15) is 17.6 Å². The van der Waals surface area contributed by atoms with Gasteiger partial charge in [0.25, 0.3) is 0 Å². The molecule has 0 saturated heterocycles. The lowest BCUT2D eigenvalue weighted by atomic mass is 10.1. The first kappa shape index (κ1) is 14.1. The summed E-state index contributed by atoms with van der Waals surface area (Å²) in [6.45, 7) is 0. The topological polar surface area (TPSA) is 84.6 Å². The molecule has 0 saturated carbocycles. The summed E-state index contributed by atoms with van der Waals surface area (Å²) in [5, 5.41) is 9.71. The van der Waals surface area contributed by atoms with E-state index in [4.69, 9.17) is 4.42 Å². The molecule has 3 aromatic rings. The first-order valence-corrected chi connectivity index (χ1v) is 7.21. The Balaban J connectivity index is 1.90. The van der Waals surface area contributed by atoms with Crippen LogP contribution in [0.4, 0.5) is 0 Å². The number of aromatic hydroxyl groups is 1. The molecule has 2 aromatic carbocycles. The van der Waals surface area contributed by atoms with Crippen LogP contribution >= 0.6 is 0 Å². The molecule has 0 fully saturated rings. The van der Waals surface area contributed by atoms with Gasteiger partial charge < -0.3 is 9.52 Å². The number of rotatable bonds is 1. The van der Waals surface area contributed by atoms with Gasteiger partial charge in [0.05, 0.1) is 16.5 Å². The first-order valence-electron chi connectivity index (χ1n) is 7.21. The molecule has 24 heavy (non-hydrogen) atoms. The number of phenolic OH excluding ortho intramolecular Hbond substituents is 1. The van der Waals surface area contributed by atoms with E-state index in [2.05, 4.69) is 0 Å². The molecule has 1 N–H and O–H groups in total. The van der Waals surface area contributed by atoms with Gasteiger partial charge in [-0.25, -0.2) is 0 Å².